The number of aromatic hydroxyl groups is 1. The van der Waals surface area contributed by atoms with Crippen LogP contribution in [0.4, 0.5) is 10.5 Å². The van der Waals surface area contributed by atoms with Gasteiger partial charge in [0.25, 0.3) is 0 Å². The van der Waals surface area contributed by atoms with Crippen LogP contribution in [0.1, 0.15) is 25.0 Å². The number of rotatable bonds is 6. The van der Waals surface area contributed by atoms with Gasteiger partial charge in [0, 0.05) is 21.4 Å². The summed E-state index contributed by atoms with van der Waals surface area (Å²) >= 11 is 2.14. The molecule has 0 aromatic heterocycles. The number of amides is 1. The molecule has 0 aliphatic heterocycles. The second-order valence-electron chi connectivity index (χ2n) is 5.51. The van der Waals surface area contributed by atoms with Crippen molar-refractivity contribution in [2.24, 2.45) is 5.92 Å². The number of aliphatic hydroxyl groups excluding tert-OH is 1. The molecule has 128 valence electrons. The molecule has 2 rings (SSSR count). The van der Waals surface area contributed by atoms with Gasteiger partial charge in [-0.15, -0.1) is 0 Å². The maximum atomic E-state index is 12.2. The van der Waals surface area contributed by atoms with E-state index in [1.54, 1.807) is 30.3 Å². The molecular formula is C18H20INO4. The fraction of sp³-hybridized carbons (Fsp3) is 0.278. The van der Waals surface area contributed by atoms with Crippen LogP contribution in [0.25, 0.3) is 0 Å². The summed E-state index contributed by atoms with van der Waals surface area (Å²) in [6.45, 7) is 1.85. The second kappa shape index (κ2) is 8.89. The molecule has 2 aromatic carbocycles. The molecule has 0 saturated carbocycles. The summed E-state index contributed by atoms with van der Waals surface area (Å²) in [5, 5.41) is 22.0. The minimum absolute atomic E-state index is 0.0218. The van der Waals surface area contributed by atoms with Crippen LogP contribution in [0.5, 0.6) is 5.75 Å². The molecule has 1 amide bonds. The first-order valence-electron chi connectivity index (χ1n) is 7.63. The quantitative estimate of drug-likeness (QED) is 0.584. The van der Waals surface area contributed by atoms with Crippen LogP contribution in [0.2, 0.25) is 0 Å². The van der Waals surface area contributed by atoms with Gasteiger partial charge in [0.2, 0.25) is 0 Å². The summed E-state index contributed by atoms with van der Waals surface area (Å²) in [6, 6.07) is 14.1. The van der Waals surface area contributed by atoms with Gasteiger partial charge in [-0.05, 0) is 65.3 Å². The molecule has 2 atom stereocenters. The monoisotopic (exact) mass is 441 g/mol. The number of carbonyl (C=O) groups is 1. The van der Waals surface area contributed by atoms with Crippen molar-refractivity contribution in [1.29, 1.82) is 0 Å². The van der Waals surface area contributed by atoms with Crippen LogP contribution in [0.3, 0.4) is 0 Å². The number of benzene rings is 2. The maximum Gasteiger partial charge on any atom is 0.412 e. The highest BCUT2D eigenvalue weighted by Crippen LogP contribution is 2.35. The number of phenolic OH excluding ortho intramolecular Hbond substituents is 1. The number of aliphatic hydroxyl groups is 1. The van der Waals surface area contributed by atoms with Gasteiger partial charge in [0.15, 0.2) is 0 Å². The van der Waals surface area contributed by atoms with Crippen molar-refractivity contribution in [3.05, 3.63) is 57.7 Å². The van der Waals surface area contributed by atoms with Crippen LogP contribution in [0, 0.1) is 9.49 Å². The third-order valence-electron chi connectivity index (χ3n) is 3.65. The molecule has 24 heavy (non-hydrogen) atoms. The van der Waals surface area contributed by atoms with Crippen molar-refractivity contribution >= 4 is 34.4 Å². The Bertz CT molecular complexity index is 678. The van der Waals surface area contributed by atoms with Gasteiger partial charge in [0.1, 0.15) is 11.9 Å². The largest absolute Gasteiger partial charge is 0.508 e. The zero-order valence-electron chi connectivity index (χ0n) is 13.3. The lowest BCUT2D eigenvalue weighted by Crippen LogP contribution is -2.22. The molecule has 3 N–H and O–H groups in total. The fourth-order valence-electron chi connectivity index (χ4n) is 2.38. The van der Waals surface area contributed by atoms with E-state index in [-0.39, 0.29) is 18.3 Å². The van der Waals surface area contributed by atoms with E-state index in [0.29, 0.717) is 17.7 Å². The standard InChI is InChI=1S/C18H20INO4/c1-12(9-10-21)17(15-11-13(19)7-8-16(15)22)24-18(23)20-14-5-3-2-4-6-14/h2-8,11-12,17,21-22H,9-10H2,1H3,(H,20,23)/t12-,17+/m0/s1. The van der Waals surface area contributed by atoms with Gasteiger partial charge >= 0.3 is 6.09 Å². The summed E-state index contributed by atoms with van der Waals surface area (Å²) in [6.07, 6.45) is -0.807. The molecule has 0 radical (unpaired) electrons. The molecule has 0 bridgehead atoms. The molecule has 5 nitrogen and oxygen atoms in total. The van der Waals surface area contributed by atoms with Gasteiger partial charge in [-0.25, -0.2) is 4.79 Å². The van der Waals surface area contributed by atoms with E-state index in [1.807, 2.05) is 25.1 Å². The molecular weight excluding hydrogens is 421 g/mol. The summed E-state index contributed by atoms with van der Waals surface area (Å²) in [5.74, 6) is -0.0849. The summed E-state index contributed by atoms with van der Waals surface area (Å²) in [5.41, 5.74) is 1.16. The smallest absolute Gasteiger partial charge is 0.412 e. The number of para-hydroxylation sites is 1. The Morgan fingerprint density at radius 3 is 2.62 bits per heavy atom. The average Bonchev–Trinajstić information content (AvgIpc) is 2.56. The SMILES string of the molecule is C[C@@H](CCO)[C@@H](OC(=O)Nc1ccccc1)c1cc(I)ccc1O. The number of phenols is 1. The number of ether oxygens (including phenoxy) is 1. The van der Waals surface area contributed by atoms with Crippen LogP contribution in [0.15, 0.2) is 48.5 Å². The Morgan fingerprint density at radius 1 is 1.25 bits per heavy atom. The number of anilines is 1. The number of halogens is 1. The van der Waals surface area contributed by atoms with E-state index >= 15 is 0 Å². The number of hydrogen-bond donors (Lipinski definition) is 3. The summed E-state index contributed by atoms with van der Waals surface area (Å²) in [4.78, 5) is 12.2. The lowest BCUT2D eigenvalue weighted by atomic mass is 9.94. The minimum Gasteiger partial charge on any atom is -0.508 e. The number of carbonyl (C=O) groups excluding carboxylic acids is 1. The zero-order chi connectivity index (χ0) is 17.5. The molecule has 0 aliphatic rings. The summed E-state index contributed by atoms with van der Waals surface area (Å²) < 4.78 is 6.49. The molecule has 0 spiro atoms. The van der Waals surface area contributed by atoms with E-state index in [4.69, 9.17) is 4.74 Å². The Kier molecular flexibility index (Phi) is 6.86. The van der Waals surface area contributed by atoms with Crippen LogP contribution >= 0.6 is 22.6 Å². The van der Waals surface area contributed by atoms with Crippen LogP contribution in [-0.2, 0) is 4.74 Å². The van der Waals surface area contributed by atoms with Crippen molar-refractivity contribution in [2.75, 3.05) is 11.9 Å². The Balaban J connectivity index is 2.20. The van der Waals surface area contributed by atoms with Gasteiger partial charge in [0.05, 0.1) is 0 Å². The fourth-order valence-corrected chi connectivity index (χ4v) is 2.89. The lowest BCUT2D eigenvalue weighted by Gasteiger charge is -2.25. The molecule has 0 fully saturated rings. The van der Waals surface area contributed by atoms with Crippen molar-refractivity contribution in [3.8, 4) is 5.75 Å². The van der Waals surface area contributed by atoms with Gasteiger partial charge < -0.3 is 14.9 Å². The van der Waals surface area contributed by atoms with Crippen LogP contribution in [-0.4, -0.2) is 22.9 Å². The van der Waals surface area contributed by atoms with Crippen LogP contribution < -0.4 is 5.32 Å². The second-order valence-corrected chi connectivity index (χ2v) is 6.76. The van der Waals surface area contributed by atoms with Crippen molar-refractivity contribution in [1.82, 2.24) is 0 Å². The highest BCUT2D eigenvalue weighted by atomic mass is 127. The van der Waals surface area contributed by atoms with E-state index in [1.165, 1.54) is 0 Å². The normalized spacial score (nSPS) is 13.1. The number of nitrogens with one attached hydrogen (secondary N) is 1. The van der Waals surface area contributed by atoms with E-state index in [9.17, 15) is 15.0 Å². The minimum atomic E-state index is -0.657. The van der Waals surface area contributed by atoms with E-state index < -0.39 is 12.2 Å². The first-order valence-corrected chi connectivity index (χ1v) is 8.71. The third kappa shape index (κ3) is 5.10. The van der Waals surface area contributed by atoms with Gasteiger partial charge in [-0.2, -0.15) is 0 Å². The maximum absolute atomic E-state index is 12.2. The van der Waals surface area contributed by atoms with Crippen molar-refractivity contribution in [3.63, 3.8) is 0 Å². The van der Waals surface area contributed by atoms with Gasteiger partial charge in [-0.1, -0.05) is 25.1 Å². The predicted molar refractivity (Wildman–Crippen MR) is 101 cm³/mol. The molecule has 0 unspecified atom stereocenters. The molecule has 0 saturated heterocycles. The zero-order valence-corrected chi connectivity index (χ0v) is 15.4. The Hall–Kier alpha value is -1.80. The lowest BCUT2D eigenvalue weighted by molar-refractivity contribution is 0.0652. The third-order valence-corrected chi connectivity index (χ3v) is 4.32. The summed E-state index contributed by atoms with van der Waals surface area (Å²) in [7, 11) is 0. The Morgan fingerprint density at radius 2 is 1.96 bits per heavy atom. The van der Waals surface area contributed by atoms with E-state index in [2.05, 4.69) is 27.9 Å². The first-order chi connectivity index (χ1) is 11.5. The molecule has 2 aromatic rings. The van der Waals surface area contributed by atoms with Crippen molar-refractivity contribution < 1.29 is 19.7 Å². The first kappa shape index (κ1) is 18.5. The topological polar surface area (TPSA) is 78.8 Å². The van der Waals surface area contributed by atoms with Gasteiger partial charge in [-0.3, -0.25) is 5.32 Å². The number of hydrogen-bond acceptors (Lipinski definition) is 4. The molecule has 0 heterocycles. The predicted octanol–water partition coefficient (Wildman–Crippen LogP) is 4.31. The molecule has 6 heteroatoms. The highest BCUT2D eigenvalue weighted by molar-refractivity contribution is 14.1. The Labute approximate surface area is 154 Å². The average molecular weight is 441 g/mol. The van der Waals surface area contributed by atoms with Crippen molar-refractivity contribution in [2.45, 2.75) is 19.4 Å². The highest BCUT2D eigenvalue weighted by Gasteiger charge is 2.26. The van der Waals surface area contributed by atoms with E-state index in [0.717, 1.165) is 3.57 Å². The molecule has 0 aliphatic carbocycles.